The smallest absolute Gasteiger partial charge is 0.416 e. The Morgan fingerprint density at radius 2 is 1.24 bits per heavy atom. The molecule has 0 unspecified atom stereocenters. The van der Waals surface area contributed by atoms with Gasteiger partial charge in [0.15, 0.2) is 0 Å². The number of aromatic nitrogens is 2. The van der Waals surface area contributed by atoms with Gasteiger partial charge in [-0.3, -0.25) is 14.6 Å². The van der Waals surface area contributed by atoms with Gasteiger partial charge in [-0.2, -0.15) is 13.2 Å². The third kappa shape index (κ3) is 9.02. The average molecular weight is 793 g/mol. The molecular formula is C47H32F4N4O4. The summed E-state index contributed by atoms with van der Waals surface area (Å²) in [6, 6.07) is 40.7. The maximum atomic E-state index is 13.3. The minimum absolute atomic E-state index is 0.0935. The predicted molar refractivity (Wildman–Crippen MR) is 216 cm³/mol. The zero-order valence-electron chi connectivity index (χ0n) is 31.0. The van der Waals surface area contributed by atoms with Crippen LogP contribution in [0.15, 0.2) is 158 Å². The van der Waals surface area contributed by atoms with Crippen LogP contribution in [0.1, 0.15) is 37.4 Å². The molecule has 2 amide bonds. The van der Waals surface area contributed by atoms with Crippen LogP contribution in [-0.2, 0) is 19.3 Å². The van der Waals surface area contributed by atoms with E-state index in [0.29, 0.717) is 56.2 Å². The summed E-state index contributed by atoms with van der Waals surface area (Å²) in [5.41, 5.74) is 3.59. The van der Waals surface area contributed by atoms with Gasteiger partial charge in [0, 0.05) is 52.8 Å². The molecule has 292 valence electrons. The highest BCUT2D eigenvalue weighted by Gasteiger charge is 2.30. The molecule has 2 heterocycles. The first kappa shape index (κ1) is 38.3. The van der Waals surface area contributed by atoms with Crippen molar-refractivity contribution in [3.05, 3.63) is 191 Å². The summed E-state index contributed by atoms with van der Waals surface area (Å²) in [6.45, 7) is 0.139. The summed E-state index contributed by atoms with van der Waals surface area (Å²) in [5.74, 6) is 0.632. The number of pyridine rings is 2. The quantitative estimate of drug-likeness (QED) is 0.126. The maximum Gasteiger partial charge on any atom is 0.416 e. The highest BCUT2D eigenvalue weighted by molar-refractivity contribution is 5.96. The number of hydrogen-bond donors (Lipinski definition) is 2. The number of carbonyl (C=O) groups is 2. The molecule has 0 fully saturated rings. The second-order valence-corrected chi connectivity index (χ2v) is 13.5. The van der Waals surface area contributed by atoms with Crippen LogP contribution in [0.25, 0.3) is 33.1 Å². The molecule has 2 aromatic heterocycles. The molecule has 0 atom stereocenters. The molecule has 8 rings (SSSR count). The average Bonchev–Trinajstić information content (AvgIpc) is 3.25. The minimum Gasteiger partial charge on any atom is -0.457 e. The Balaban J connectivity index is 1.02. The molecule has 0 spiro atoms. The van der Waals surface area contributed by atoms with Gasteiger partial charge in [-0.05, 0) is 102 Å². The highest BCUT2D eigenvalue weighted by Crippen LogP contribution is 2.37. The lowest BCUT2D eigenvalue weighted by Gasteiger charge is -2.14. The van der Waals surface area contributed by atoms with E-state index in [1.54, 1.807) is 79.0 Å². The van der Waals surface area contributed by atoms with Crippen LogP contribution in [-0.4, -0.2) is 21.8 Å². The number of alkyl halides is 3. The molecule has 0 aliphatic carbocycles. The monoisotopic (exact) mass is 792 g/mol. The number of fused-ring (bicyclic) bond motifs is 2. The summed E-state index contributed by atoms with van der Waals surface area (Å²) in [4.78, 5) is 35.5. The minimum atomic E-state index is -4.49. The second-order valence-electron chi connectivity index (χ2n) is 13.5. The standard InChI is InChI=1S/C47H32F4N4O4/c48-35-17-14-29(15-18-35)27-53-45(56)32-7-4-10-36(23-32)58-43-20-21-52-40-19-16-31(25-39(40)43)42-26-44(38-12-1-2-13-41(38)55-42)59-37-11-5-8-33(24-37)46(57)54-28-30-6-3-9-34(22-30)47(49,50)51/h1-26H,27-28H2,(H,53,56)(H,54,57). The Labute approximate surface area is 335 Å². The number of hydrogen-bond acceptors (Lipinski definition) is 6. The number of nitrogens with one attached hydrogen (secondary N) is 2. The van der Waals surface area contributed by atoms with E-state index in [2.05, 4.69) is 15.6 Å². The Morgan fingerprint density at radius 1 is 0.576 bits per heavy atom. The molecule has 0 radical (unpaired) electrons. The molecule has 0 aliphatic heterocycles. The summed E-state index contributed by atoms with van der Waals surface area (Å²) < 4.78 is 65.6. The molecule has 0 aliphatic rings. The van der Waals surface area contributed by atoms with Gasteiger partial charge in [-0.25, -0.2) is 9.37 Å². The van der Waals surface area contributed by atoms with Crippen LogP contribution in [0.5, 0.6) is 23.0 Å². The van der Waals surface area contributed by atoms with Crippen LogP contribution in [0.4, 0.5) is 17.6 Å². The Kier molecular flexibility index (Phi) is 10.7. The van der Waals surface area contributed by atoms with Crippen LogP contribution < -0.4 is 20.1 Å². The fraction of sp³-hybridized carbons (Fsp3) is 0.0638. The van der Waals surface area contributed by atoms with Gasteiger partial charge in [-0.1, -0.05) is 54.6 Å². The van der Waals surface area contributed by atoms with Crippen LogP contribution >= 0.6 is 0 Å². The zero-order valence-corrected chi connectivity index (χ0v) is 31.0. The second kappa shape index (κ2) is 16.5. The molecule has 59 heavy (non-hydrogen) atoms. The van der Waals surface area contributed by atoms with E-state index in [9.17, 15) is 27.2 Å². The van der Waals surface area contributed by atoms with E-state index in [4.69, 9.17) is 14.5 Å². The van der Waals surface area contributed by atoms with Crippen molar-refractivity contribution < 1.29 is 36.6 Å². The Bertz CT molecular complexity index is 2850. The lowest BCUT2D eigenvalue weighted by molar-refractivity contribution is -0.137. The number of ether oxygens (including phenoxy) is 2. The van der Waals surface area contributed by atoms with Crippen molar-refractivity contribution in [2.45, 2.75) is 19.3 Å². The topological polar surface area (TPSA) is 102 Å². The van der Waals surface area contributed by atoms with Crippen LogP contribution in [0, 0.1) is 5.82 Å². The van der Waals surface area contributed by atoms with Crippen molar-refractivity contribution in [1.29, 1.82) is 0 Å². The largest absolute Gasteiger partial charge is 0.457 e. The fourth-order valence-corrected chi connectivity index (χ4v) is 6.43. The van der Waals surface area contributed by atoms with E-state index >= 15 is 0 Å². The number of halogens is 4. The lowest BCUT2D eigenvalue weighted by atomic mass is 10.1. The number of benzene rings is 6. The maximum absolute atomic E-state index is 13.3. The predicted octanol–water partition coefficient (Wildman–Crippen LogP) is 11.1. The molecule has 12 heteroatoms. The normalized spacial score (nSPS) is 11.3. The van der Waals surface area contributed by atoms with Crippen molar-refractivity contribution in [3.63, 3.8) is 0 Å². The molecule has 0 saturated heterocycles. The molecule has 2 N–H and O–H groups in total. The van der Waals surface area contributed by atoms with Gasteiger partial charge >= 0.3 is 6.18 Å². The van der Waals surface area contributed by atoms with Gasteiger partial charge in [0.05, 0.1) is 22.3 Å². The van der Waals surface area contributed by atoms with Crippen molar-refractivity contribution in [2.75, 3.05) is 0 Å². The van der Waals surface area contributed by atoms with Crippen molar-refractivity contribution in [3.8, 4) is 34.3 Å². The number of para-hydroxylation sites is 1. The Hall–Kier alpha value is -7.60. The van der Waals surface area contributed by atoms with Gasteiger partial charge in [-0.15, -0.1) is 0 Å². The van der Waals surface area contributed by atoms with E-state index in [-0.39, 0.29) is 30.4 Å². The number of nitrogens with zero attached hydrogens (tertiary/aromatic N) is 2. The molecule has 0 saturated carbocycles. The molecule has 8 nitrogen and oxygen atoms in total. The van der Waals surface area contributed by atoms with E-state index in [0.717, 1.165) is 28.6 Å². The number of rotatable bonds is 11. The van der Waals surface area contributed by atoms with E-state index in [1.165, 1.54) is 24.3 Å². The first-order valence-corrected chi connectivity index (χ1v) is 18.4. The van der Waals surface area contributed by atoms with Gasteiger partial charge < -0.3 is 20.1 Å². The Morgan fingerprint density at radius 3 is 1.95 bits per heavy atom. The van der Waals surface area contributed by atoms with Crippen molar-refractivity contribution in [2.24, 2.45) is 0 Å². The zero-order chi connectivity index (χ0) is 40.9. The molecular weight excluding hydrogens is 761 g/mol. The van der Waals surface area contributed by atoms with E-state index < -0.39 is 17.6 Å². The first-order chi connectivity index (χ1) is 28.6. The number of carbonyl (C=O) groups excluding carboxylic acids is 2. The summed E-state index contributed by atoms with van der Waals surface area (Å²) >= 11 is 0. The third-order valence-corrected chi connectivity index (χ3v) is 9.40. The van der Waals surface area contributed by atoms with Gasteiger partial charge in [0.25, 0.3) is 11.8 Å². The molecule has 0 bridgehead atoms. The summed E-state index contributed by atoms with van der Waals surface area (Å²) in [5, 5.41) is 6.95. The van der Waals surface area contributed by atoms with Gasteiger partial charge in [0.2, 0.25) is 0 Å². The van der Waals surface area contributed by atoms with E-state index in [1.807, 2.05) is 42.5 Å². The van der Waals surface area contributed by atoms with Crippen LogP contribution in [0.3, 0.4) is 0 Å². The third-order valence-electron chi connectivity index (χ3n) is 9.40. The SMILES string of the molecule is O=C(NCc1ccc(F)cc1)c1cccc(Oc2ccnc3ccc(-c4cc(Oc5cccc(C(=O)NCc6cccc(C(F)(F)F)c6)c5)c5ccccc5n4)cc23)c1. The fourth-order valence-electron chi connectivity index (χ4n) is 6.43. The van der Waals surface area contributed by atoms with Crippen LogP contribution in [0.2, 0.25) is 0 Å². The summed E-state index contributed by atoms with van der Waals surface area (Å²) in [7, 11) is 0. The first-order valence-electron chi connectivity index (χ1n) is 18.4. The van der Waals surface area contributed by atoms with Gasteiger partial charge in [0.1, 0.15) is 28.8 Å². The molecule has 6 aromatic carbocycles. The van der Waals surface area contributed by atoms with Crippen molar-refractivity contribution >= 4 is 33.6 Å². The highest BCUT2D eigenvalue weighted by atomic mass is 19.4. The molecule has 8 aromatic rings. The summed E-state index contributed by atoms with van der Waals surface area (Å²) in [6.07, 6.45) is -2.85. The van der Waals surface area contributed by atoms with Crippen molar-refractivity contribution in [1.82, 2.24) is 20.6 Å². The lowest BCUT2D eigenvalue weighted by Crippen LogP contribution is -2.23. The number of amides is 2.